The predicted octanol–water partition coefficient (Wildman–Crippen LogP) is -1.15. The second kappa shape index (κ2) is 9.11. The number of carbonyl (C=O) groups is 2. The van der Waals surface area contributed by atoms with Gasteiger partial charge in [0.15, 0.2) is 0 Å². The van der Waals surface area contributed by atoms with E-state index in [2.05, 4.69) is 10.6 Å². The fourth-order valence-electron chi connectivity index (χ4n) is 0.899. The summed E-state index contributed by atoms with van der Waals surface area (Å²) in [6, 6.07) is 0. The Hall–Kier alpha value is -1.14. The van der Waals surface area contributed by atoms with Crippen molar-refractivity contribution in [3.8, 4) is 0 Å². The first kappa shape index (κ1) is 14.9. The average molecular weight is 231 g/mol. The molecule has 6 heteroatoms. The number of primary amides is 1. The molecule has 0 aromatic carbocycles. The van der Waals surface area contributed by atoms with Gasteiger partial charge in [-0.2, -0.15) is 0 Å². The van der Waals surface area contributed by atoms with E-state index in [1.54, 1.807) is 0 Å². The Morgan fingerprint density at radius 3 is 2.62 bits per heavy atom. The van der Waals surface area contributed by atoms with Gasteiger partial charge < -0.3 is 21.1 Å². The van der Waals surface area contributed by atoms with Crippen molar-refractivity contribution in [2.24, 2.45) is 11.7 Å². The zero-order valence-corrected chi connectivity index (χ0v) is 9.91. The van der Waals surface area contributed by atoms with Crippen molar-refractivity contribution in [1.29, 1.82) is 0 Å². The highest BCUT2D eigenvalue weighted by Crippen LogP contribution is 1.86. The van der Waals surface area contributed by atoms with Gasteiger partial charge in [0, 0.05) is 13.1 Å². The van der Waals surface area contributed by atoms with Gasteiger partial charge in [-0.15, -0.1) is 0 Å². The van der Waals surface area contributed by atoms with E-state index in [9.17, 15) is 9.59 Å². The summed E-state index contributed by atoms with van der Waals surface area (Å²) in [6.45, 7) is 5.80. The van der Waals surface area contributed by atoms with Crippen LogP contribution in [0.15, 0.2) is 0 Å². The van der Waals surface area contributed by atoms with Crippen LogP contribution in [0.3, 0.4) is 0 Å². The molecule has 0 fully saturated rings. The number of hydrogen-bond donors (Lipinski definition) is 3. The predicted molar refractivity (Wildman–Crippen MR) is 60.7 cm³/mol. The fraction of sp³-hybridized carbons (Fsp3) is 0.800. The van der Waals surface area contributed by atoms with Crippen molar-refractivity contribution in [1.82, 2.24) is 10.6 Å². The van der Waals surface area contributed by atoms with Gasteiger partial charge in [0.2, 0.25) is 11.8 Å². The van der Waals surface area contributed by atoms with E-state index in [4.69, 9.17) is 10.5 Å². The minimum atomic E-state index is -0.491. The number of nitrogens with two attached hydrogens (primary N) is 1. The van der Waals surface area contributed by atoms with Crippen LogP contribution in [0, 0.1) is 5.92 Å². The van der Waals surface area contributed by atoms with Crippen LogP contribution in [0.5, 0.6) is 0 Å². The van der Waals surface area contributed by atoms with Gasteiger partial charge in [0.25, 0.3) is 0 Å². The molecule has 16 heavy (non-hydrogen) atoms. The first-order valence-corrected chi connectivity index (χ1v) is 5.35. The largest absolute Gasteiger partial charge is 0.370 e. The Morgan fingerprint density at radius 1 is 1.38 bits per heavy atom. The lowest BCUT2D eigenvalue weighted by atomic mass is 10.2. The first-order chi connectivity index (χ1) is 7.52. The zero-order valence-electron chi connectivity index (χ0n) is 9.91. The van der Waals surface area contributed by atoms with Crippen LogP contribution in [0.25, 0.3) is 0 Å². The van der Waals surface area contributed by atoms with E-state index in [1.807, 2.05) is 13.8 Å². The minimum absolute atomic E-state index is 0.0383. The van der Waals surface area contributed by atoms with Crippen LogP contribution in [0.1, 0.15) is 13.8 Å². The Bertz CT molecular complexity index is 219. The lowest BCUT2D eigenvalue weighted by Gasteiger charge is -2.08. The Balaban J connectivity index is 3.24. The summed E-state index contributed by atoms with van der Waals surface area (Å²) in [4.78, 5) is 21.5. The number of amides is 2. The molecule has 0 aliphatic heterocycles. The monoisotopic (exact) mass is 231 g/mol. The molecule has 94 valence electrons. The van der Waals surface area contributed by atoms with Gasteiger partial charge in [-0.3, -0.25) is 9.59 Å². The van der Waals surface area contributed by atoms with E-state index >= 15 is 0 Å². The Labute approximate surface area is 95.9 Å². The van der Waals surface area contributed by atoms with E-state index in [-0.39, 0.29) is 19.1 Å². The molecular formula is C10H21N3O3. The molecule has 0 radical (unpaired) electrons. The van der Waals surface area contributed by atoms with E-state index in [1.165, 1.54) is 0 Å². The number of nitrogens with one attached hydrogen (secondary N) is 2. The van der Waals surface area contributed by atoms with E-state index in [0.29, 0.717) is 25.6 Å². The second-order valence-electron chi connectivity index (χ2n) is 3.89. The lowest BCUT2D eigenvalue weighted by Crippen LogP contribution is -2.37. The summed E-state index contributed by atoms with van der Waals surface area (Å²) >= 11 is 0. The first-order valence-electron chi connectivity index (χ1n) is 5.35. The molecule has 0 aliphatic carbocycles. The minimum Gasteiger partial charge on any atom is -0.370 e. The number of ether oxygens (including phenoxy) is 1. The highest BCUT2D eigenvalue weighted by Gasteiger charge is 2.01. The third-order valence-electron chi connectivity index (χ3n) is 1.66. The molecule has 0 saturated carbocycles. The normalized spacial score (nSPS) is 10.4. The molecule has 0 spiro atoms. The van der Waals surface area contributed by atoms with Crippen LogP contribution < -0.4 is 16.4 Å². The van der Waals surface area contributed by atoms with Crippen molar-refractivity contribution < 1.29 is 14.3 Å². The number of rotatable bonds is 9. The van der Waals surface area contributed by atoms with Crippen LogP contribution in [0.4, 0.5) is 0 Å². The Morgan fingerprint density at radius 2 is 2.06 bits per heavy atom. The highest BCUT2D eigenvalue weighted by atomic mass is 16.5. The second-order valence-corrected chi connectivity index (χ2v) is 3.89. The summed E-state index contributed by atoms with van der Waals surface area (Å²) in [6.07, 6.45) is 0. The van der Waals surface area contributed by atoms with E-state index in [0.717, 1.165) is 0 Å². The maximum atomic E-state index is 11.2. The third kappa shape index (κ3) is 10.9. The fourth-order valence-corrected chi connectivity index (χ4v) is 0.899. The zero-order chi connectivity index (χ0) is 12.4. The molecule has 4 N–H and O–H groups in total. The molecule has 0 aromatic heterocycles. The van der Waals surface area contributed by atoms with Crippen molar-refractivity contribution in [2.75, 3.05) is 32.8 Å². The summed E-state index contributed by atoms with van der Waals surface area (Å²) in [5, 5.41) is 5.67. The smallest absolute Gasteiger partial charge is 0.243 e. The van der Waals surface area contributed by atoms with Gasteiger partial charge >= 0.3 is 0 Å². The maximum Gasteiger partial charge on any atom is 0.243 e. The highest BCUT2D eigenvalue weighted by molar-refractivity contribution is 5.77. The van der Waals surface area contributed by atoms with Gasteiger partial charge in [-0.25, -0.2) is 0 Å². The van der Waals surface area contributed by atoms with Crippen LogP contribution in [0.2, 0.25) is 0 Å². The van der Waals surface area contributed by atoms with Crippen molar-refractivity contribution >= 4 is 11.8 Å². The van der Waals surface area contributed by atoms with Crippen molar-refractivity contribution in [2.45, 2.75) is 13.8 Å². The van der Waals surface area contributed by atoms with Gasteiger partial charge in [0.1, 0.15) is 6.61 Å². The van der Waals surface area contributed by atoms with Gasteiger partial charge in [-0.1, -0.05) is 13.8 Å². The standard InChI is InChI=1S/C10H21N3O3/c1-8(2)5-13-10(15)6-12-3-4-16-7-9(11)14/h8,12H,3-7H2,1-2H3,(H2,11,14)(H,13,15). The summed E-state index contributed by atoms with van der Waals surface area (Å²) in [7, 11) is 0. The molecule has 6 nitrogen and oxygen atoms in total. The summed E-state index contributed by atoms with van der Waals surface area (Å²) in [5.41, 5.74) is 4.87. The van der Waals surface area contributed by atoms with Crippen LogP contribution >= 0.6 is 0 Å². The number of carbonyl (C=O) groups excluding carboxylic acids is 2. The van der Waals surface area contributed by atoms with Crippen molar-refractivity contribution in [3.05, 3.63) is 0 Å². The molecule has 0 heterocycles. The molecular weight excluding hydrogens is 210 g/mol. The average Bonchev–Trinajstić information content (AvgIpc) is 2.19. The van der Waals surface area contributed by atoms with Crippen molar-refractivity contribution in [3.63, 3.8) is 0 Å². The summed E-state index contributed by atoms with van der Waals surface area (Å²) < 4.78 is 4.91. The van der Waals surface area contributed by atoms with Gasteiger partial charge in [-0.05, 0) is 5.92 Å². The van der Waals surface area contributed by atoms with Crippen LogP contribution in [-0.2, 0) is 14.3 Å². The van der Waals surface area contributed by atoms with E-state index < -0.39 is 5.91 Å². The maximum absolute atomic E-state index is 11.2. The summed E-state index contributed by atoms with van der Waals surface area (Å²) in [5.74, 6) is -0.0823. The molecule has 0 aromatic rings. The third-order valence-corrected chi connectivity index (χ3v) is 1.66. The van der Waals surface area contributed by atoms with Crippen LogP contribution in [-0.4, -0.2) is 44.7 Å². The molecule has 0 aliphatic rings. The number of hydrogen-bond acceptors (Lipinski definition) is 4. The molecule has 0 atom stereocenters. The SMILES string of the molecule is CC(C)CNC(=O)CNCCOCC(N)=O. The van der Waals surface area contributed by atoms with Gasteiger partial charge in [0.05, 0.1) is 13.2 Å². The molecule has 0 unspecified atom stereocenters. The topological polar surface area (TPSA) is 93.4 Å². The molecule has 0 rings (SSSR count). The Kier molecular flexibility index (Phi) is 8.46. The molecule has 0 bridgehead atoms. The quantitative estimate of drug-likeness (QED) is 0.437. The molecule has 0 saturated heterocycles. The molecule has 2 amide bonds. The lowest BCUT2D eigenvalue weighted by molar-refractivity contribution is -0.123.